The van der Waals surface area contributed by atoms with Crippen LogP contribution in [-0.2, 0) is 11.8 Å². The van der Waals surface area contributed by atoms with Crippen molar-refractivity contribution in [1.29, 1.82) is 5.26 Å². The molecule has 0 N–H and O–H groups in total. The average Bonchev–Trinajstić information content (AvgIpc) is 2.15. The van der Waals surface area contributed by atoms with Crippen LogP contribution in [0.25, 0.3) is 0 Å². The van der Waals surface area contributed by atoms with E-state index >= 15 is 0 Å². The number of hydrogen-bond acceptors (Lipinski definition) is 1. The van der Waals surface area contributed by atoms with Crippen molar-refractivity contribution in [2.75, 3.05) is 0 Å². The summed E-state index contributed by atoms with van der Waals surface area (Å²) in [6, 6.07) is 8.36. The van der Waals surface area contributed by atoms with E-state index in [1.807, 2.05) is 0 Å². The van der Waals surface area contributed by atoms with Gasteiger partial charge in [0.15, 0.2) is 0 Å². The molecule has 0 aliphatic heterocycles. The number of nitrogens with zero attached hydrogens (tertiary/aromatic N) is 1. The maximum Gasteiger partial charge on any atom is 0.0625 e. The molecular formula is C10H9Br2N. The van der Waals surface area contributed by atoms with Gasteiger partial charge in [0.1, 0.15) is 0 Å². The smallest absolute Gasteiger partial charge is 0.0625 e. The van der Waals surface area contributed by atoms with E-state index in [0.29, 0.717) is 6.42 Å². The van der Waals surface area contributed by atoms with Gasteiger partial charge >= 0.3 is 0 Å². The van der Waals surface area contributed by atoms with Crippen molar-refractivity contribution in [1.82, 2.24) is 0 Å². The summed E-state index contributed by atoms with van der Waals surface area (Å²) in [5.74, 6) is 0. The van der Waals surface area contributed by atoms with Crippen molar-refractivity contribution in [3.63, 3.8) is 0 Å². The second kappa shape index (κ2) is 5.41. The number of halogens is 2. The van der Waals surface area contributed by atoms with Crippen LogP contribution in [-0.4, -0.2) is 0 Å². The Morgan fingerprint density at radius 3 is 2.69 bits per heavy atom. The number of benzene rings is 1. The largest absolute Gasteiger partial charge is 0.198 e. The van der Waals surface area contributed by atoms with Crippen LogP contribution < -0.4 is 0 Å². The van der Waals surface area contributed by atoms with Gasteiger partial charge in [-0.05, 0) is 23.6 Å². The predicted octanol–water partition coefficient (Wildman–Crippen LogP) is 3.80. The van der Waals surface area contributed by atoms with Crippen molar-refractivity contribution in [3.05, 3.63) is 33.8 Å². The number of hydrogen-bond donors (Lipinski definition) is 0. The topological polar surface area (TPSA) is 23.8 Å². The molecule has 0 fully saturated rings. The Balaban J connectivity index is 2.78. The molecule has 68 valence electrons. The molecule has 0 heterocycles. The molecule has 0 saturated heterocycles. The molecule has 1 aromatic carbocycles. The van der Waals surface area contributed by atoms with Gasteiger partial charge < -0.3 is 0 Å². The Labute approximate surface area is 95.0 Å². The summed E-state index contributed by atoms with van der Waals surface area (Å²) in [6.07, 6.45) is 1.41. The zero-order valence-corrected chi connectivity index (χ0v) is 10.2. The second-order valence-corrected chi connectivity index (χ2v) is 4.13. The molecule has 0 aliphatic carbocycles. The van der Waals surface area contributed by atoms with Gasteiger partial charge in [-0.3, -0.25) is 0 Å². The van der Waals surface area contributed by atoms with E-state index in [4.69, 9.17) is 5.26 Å². The fraction of sp³-hybridized carbons (Fsp3) is 0.300. The van der Waals surface area contributed by atoms with Gasteiger partial charge in [0.05, 0.1) is 6.07 Å². The molecule has 1 aromatic rings. The highest BCUT2D eigenvalue weighted by Gasteiger charge is 1.99. The monoisotopic (exact) mass is 301 g/mol. The Morgan fingerprint density at radius 1 is 1.38 bits per heavy atom. The number of aryl methyl sites for hydroxylation is 1. The van der Waals surface area contributed by atoms with E-state index < -0.39 is 0 Å². The van der Waals surface area contributed by atoms with E-state index in [1.54, 1.807) is 0 Å². The van der Waals surface area contributed by atoms with E-state index in [9.17, 15) is 0 Å². The fourth-order valence-corrected chi connectivity index (χ4v) is 2.49. The fourth-order valence-electron chi connectivity index (χ4n) is 1.05. The quantitative estimate of drug-likeness (QED) is 0.779. The molecule has 13 heavy (non-hydrogen) atoms. The molecule has 1 rings (SSSR count). The molecule has 0 aromatic heterocycles. The highest BCUT2D eigenvalue weighted by Crippen LogP contribution is 2.21. The third-order valence-corrected chi connectivity index (χ3v) is 3.13. The summed E-state index contributed by atoms with van der Waals surface area (Å²) in [5, 5.41) is 9.28. The lowest BCUT2D eigenvalue weighted by Crippen LogP contribution is -1.86. The van der Waals surface area contributed by atoms with Crippen LogP contribution in [0.3, 0.4) is 0 Å². The molecule has 0 amide bonds. The van der Waals surface area contributed by atoms with E-state index in [-0.39, 0.29) is 0 Å². The van der Waals surface area contributed by atoms with Crippen LogP contribution in [0.2, 0.25) is 0 Å². The summed E-state index contributed by atoms with van der Waals surface area (Å²) < 4.78 is 1.11. The molecule has 1 nitrogen and oxygen atoms in total. The Hall–Kier alpha value is -0.330. The Kier molecular flexibility index (Phi) is 4.47. The highest BCUT2D eigenvalue weighted by atomic mass is 79.9. The normalized spacial score (nSPS) is 9.62. The van der Waals surface area contributed by atoms with Gasteiger partial charge in [-0.1, -0.05) is 44.0 Å². The van der Waals surface area contributed by atoms with Gasteiger partial charge in [-0.2, -0.15) is 5.26 Å². The Bertz CT molecular complexity index is 328. The molecule has 0 aliphatic rings. The molecule has 0 spiro atoms. The molecule has 3 heteroatoms. The zero-order valence-electron chi connectivity index (χ0n) is 7.06. The average molecular weight is 303 g/mol. The summed E-state index contributed by atoms with van der Waals surface area (Å²) in [6.45, 7) is 0. The lowest BCUT2D eigenvalue weighted by Gasteiger charge is -2.02. The predicted molar refractivity (Wildman–Crippen MR) is 60.7 cm³/mol. The van der Waals surface area contributed by atoms with Crippen molar-refractivity contribution >= 4 is 31.9 Å². The molecule has 0 bridgehead atoms. The van der Waals surface area contributed by atoms with Crippen molar-refractivity contribution in [2.24, 2.45) is 0 Å². The first-order valence-corrected chi connectivity index (χ1v) is 5.89. The van der Waals surface area contributed by atoms with Gasteiger partial charge in [0.25, 0.3) is 0 Å². The third kappa shape index (κ3) is 3.13. The standard InChI is InChI=1S/C10H9Br2N/c11-7-9-4-3-8(2-1-5-13)6-10(9)12/h3-4,6H,1-2,7H2. The first kappa shape index (κ1) is 10.7. The summed E-state index contributed by atoms with van der Waals surface area (Å²) in [5.41, 5.74) is 2.44. The maximum atomic E-state index is 8.43. The molecule has 0 saturated carbocycles. The molecular weight excluding hydrogens is 294 g/mol. The van der Waals surface area contributed by atoms with E-state index in [2.05, 4.69) is 56.1 Å². The van der Waals surface area contributed by atoms with Crippen molar-refractivity contribution in [3.8, 4) is 6.07 Å². The van der Waals surface area contributed by atoms with Gasteiger partial charge in [-0.25, -0.2) is 0 Å². The van der Waals surface area contributed by atoms with Crippen molar-refractivity contribution in [2.45, 2.75) is 18.2 Å². The van der Waals surface area contributed by atoms with Gasteiger partial charge in [0.2, 0.25) is 0 Å². The molecule has 0 radical (unpaired) electrons. The van der Waals surface area contributed by atoms with Crippen LogP contribution in [0.1, 0.15) is 17.5 Å². The maximum absolute atomic E-state index is 8.43. The minimum Gasteiger partial charge on any atom is -0.198 e. The number of rotatable bonds is 3. The van der Waals surface area contributed by atoms with Crippen LogP contribution >= 0.6 is 31.9 Å². The lowest BCUT2D eigenvalue weighted by molar-refractivity contribution is 1.01. The first-order chi connectivity index (χ1) is 6.27. The SMILES string of the molecule is N#CCCc1ccc(CBr)c(Br)c1. The van der Waals surface area contributed by atoms with E-state index in [1.165, 1.54) is 11.1 Å². The van der Waals surface area contributed by atoms with Crippen molar-refractivity contribution < 1.29 is 0 Å². The minimum absolute atomic E-state index is 0.583. The van der Waals surface area contributed by atoms with Crippen LogP contribution in [0, 0.1) is 11.3 Å². The van der Waals surface area contributed by atoms with Gasteiger partial charge in [0, 0.05) is 16.2 Å². The first-order valence-electron chi connectivity index (χ1n) is 3.98. The Morgan fingerprint density at radius 2 is 2.15 bits per heavy atom. The summed E-state index contributed by atoms with van der Waals surface area (Å²) in [4.78, 5) is 0. The second-order valence-electron chi connectivity index (χ2n) is 2.72. The lowest BCUT2D eigenvalue weighted by atomic mass is 10.1. The summed E-state index contributed by atoms with van der Waals surface area (Å²) in [7, 11) is 0. The summed E-state index contributed by atoms with van der Waals surface area (Å²) >= 11 is 6.89. The number of nitriles is 1. The zero-order chi connectivity index (χ0) is 9.68. The van der Waals surface area contributed by atoms with Gasteiger partial charge in [-0.15, -0.1) is 0 Å². The van der Waals surface area contributed by atoms with Crippen LogP contribution in [0.15, 0.2) is 22.7 Å². The van der Waals surface area contributed by atoms with Crippen LogP contribution in [0.5, 0.6) is 0 Å². The number of alkyl halides is 1. The minimum atomic E-state index is 0.583. The van der Waals surface area contributed by atoms with Crippen LogP contribution in [0.4, 0.5) is 0 Å². The third-order valence-electron chi connectivity index (χ3n) is 1.79. The molecule has 0 atom stereocenters. The van der Waals surface area contributed by atoms with E-state index in [0.717, 1.165) is 16.2 Å². The highest BCUT2D eigenvalue weighted by molar-refractivity contribution is 9.10. The molecule has 0 unspecified atom stereocenters.